The third-order valence-corrected chi connectivity index (χ3v) is 11.7. The van der Waals surface area contributed by atoms with E-state index in [0.29, 0.717) is 5.41 Å². The van der Waals surface area contributed by atoms with E-state index in [1.807, 2.05) is 0 Å². The van der Waals surface area contributed by atoms with E-state index in [-0.39, 0.29) is 9.28 Å². The SMILES string of the molecule is CC1(C)CO[SiH2][SiH](N2CCCCC2)C1. The highest BCUT2D eigenvalue weighted by Gasteiger charge is 2.34. The normalized spacial score (nSPS) is 36.0. The highest BCUT2D eigenvalue weighted by Crippen LogP contribution is 2.28. The highest BCUT2D eigenvalue weighted by atomic mass is 29.2. The van der Waals surface area contributed by atoms with Crippen molar-refractivity contribution in [2.45, 2.75) is 39.2 Å². The Morgan fingerprint density at radius 3 is 2.57 bits per heavy atom. The van der Waals surface area contributed by atoms with Gasteiger partial charge in [-0.05, 0) is 37.4 Å². The maximum atomic E-state index is 5.91. The van der Waals surface area contributed by atoms with Crippen LogP contribution >= 0.6 is 0 Å². The molecule has 0 radical (unpaired) electrons. The molecule has 2 nitrogen and oxygen atoms in total. The zero-order chi connectivity index (χ0) is 10.0. The summed E-state index contributed by atoms with van der Waals surface area (Å²) in [6.45, 7) is 8.58. The Balaban J connectivity index is 1.89. The molecule has 2 fully saturated rings. The average molecular weight is 229 g/mol. The molecule has 0 aromatic carbocycles. The van der Waals surface area contributed by atoms with E-state index < -0.39 is 8.48 Å². The fourth-order valence-electron chi connectivity index (χ4n) is 2.74. The van der Waals surface area contributed by atoms with Crippen LogP contribution in [0.1, 0.15) is 33.1 Å². The van der Waals surface area contributed by atoms with Gasteiger partial charge in [0, 0.05) is 6.61 Å². The summed E-state index contributed by atoms with van der Waals surface area (Å²) in [4.78, 5) is 0. The standard InChI is InChI=1S/C10H23NOSi2/c1-10(2)8-12-13-14(9-10)11-6-4-3-5-7-11/h14H,3-9,13H2,1-2H3. The van der Waals surface area contributed by atoms with Crippen molar-refractivity contribution in [3.05, 3.63) is 0 Å². The van der Waals surface area contributed by atoms with E-state index in [1.54, 1.807) is 0 Å². The van der Waals surface area contributed by atoms with Crippen LogP contribution in [-0.2, 0) is 4.43 Å². The molecule has 4 heteroatoms. The topological polar surface area (TPSA) is 12.5 Å². The molecule has 0 saturated carbocycles. The summed E-state index contributed by atoms with van der Waals surface area (Å²) < 4.78 is 8.75. The molecule has 0 N–H and O–H groups in total. The van der Waals surface area contributed by atoms with Gasteiger partial charge in [-0.3, -0.25) is 0 Å². The van der Waals surface area contributed by atoms with Gasteiger partial charge in [-0.25, -0.2) is 0 Å². The van der Waals surface area contributed by atoms with Crippen LogP contribution in [0.15, 0.2) is 0 Å². The monoisotopic (exact) mass is 229 g/mol. The lowest BCUT2D eigenvalue weighted by molar-refractivity contribution is 0.191. The fraction of sp³-hybridized carbons (Fsp3) is 1.00. The van der Waals surface area contributed by atoms with Crippen LogP contribution in [-0.4, -0.2) is 42.0 Å². The Hall–Kier alpha value is 0.354. The molecule has 82 valence electrons. The molecule has 2 saturated heterocycles. The average Bonchev–Trinajstić information content (AvgIpc) is 2.18. The molecule has 14 heavy (non-hydrogen) atoms. The molecule has 2 rings (SSSR count). The lowest BCUT2D eigenvalue weighted by Crippen LogP contribution is -2.53. The maximum absolute atomic E-state index is 5.91. The Morgan fingerprint density at radius 2 is 1.93 bits per heavy atom. The van der Waals surface area contributed by atoms with Gasteiger partial charge in [-0.15, -0.1) is 0 Å². The van der Waals surface area contributed by atoms with Crippen molar-refractivity contribution in [2.75, 3.05) is 19.7 Å². The molecule has 2 heterocycles. The summed E-state index contributed by atoms with van der Waals surface area (Å²) in [5.41, 5.74) is 0.486. The maximum Gasteiger partial charge on any atom is 0.164 e. The van der Waals surface area contributed by atoms with E-state index in [9.17, 15) is 0 Å². The van der Waals surface area contributed by atoms with Gasteiger partial charge in [0.1, 0.15) is 8.48 Å². The zero-order valence-corrected chi connectivity index (χ0v) is 12.2. The first-order chi connectivity index (χ1) is 6.67. The van der Waals surface area contributed by atoms with Crippen molar-refractivity contribution in [2.24, 2.45) is 5.41 Å². The first kappa shape index (κ1) is 10.9. The molecular formula is C10H23NOSi2. The molecule has 0 aliphatic carbocycles. The van der Waals surface area contributed by atoms with Crippen molar-refractivity contribution >= 4 is 17.8 Å². The highest BCUT2D eigenvalue weighted by molar-refractivity contribution is 7.08. The molecule has 0 bridgehead atoms. The van der Waals surface area contributed by atoms with Gasteiger partial charge in [-0.1, -0.05) is 20.3 Å². The lowest BCUT2D eigenvalue weighted by atomic mass is 9.98. The van der Waals surface area contributed by atoms with Gasteiger partial charge >= 0.3 is 0 Å². The molecular weight excluding hydrogens is 206 g/mol. The Morgan fingerprint density at radius 1 is 1.21 bits per heavy atom. The van der Waals surface area contributed by atoms with Crippen molar-refractivity contribution in [3.63, 3.8) is 0 Å². The van der Waals surface area contributed by atoms with E-state index in [4.69, 9.17) is 4.43 Å². The molecule has 0 amide bonds. The largest absolute Gasteiger partial charge is 0.425 e. The summed E-state index contributed by atoms with van der Waals surface area (Å²) in [5.74, 6) is 0. The molecule has 0 spiro atoms. The predicted molar refractivity (Wildman–Crippen MR) is 65.7 cm³/mol. The third kappa shape index (κ3) is 2.69. The molecule has 0 aromatic rings. The Kier molecular flexibility index (Phi) is 3.47. The number of nitrogens with zero attached hydrogens (tertiary/aromatic N) is 1. The molecule has 1 unspecified atom stereocenters. The van der Waals surface area contributed by atoms with Crippen LogP contribution in [0.3, 0.4) is 0 Å². The van der Waals surface area contributed by atoms with Crippen LogP contribution < -0.4 is 0 Å². The molecule has 1 atom stereocenters. The second kappa shape index (κ2) is 4.47. The quantitative estimate of drug-likeness (QED) is 0.618. The van der Waals surface area contributed by atoms with Crippen molar-refractivity contribution in [1.82, 2.24) is 4.57 Å². The Labute approximate surface area is 91.4 Å². The van der Waals surface area contributed by atoms with E-state index in [2.05, 4.69) is 18.4 Å². The van der Waals surface area contributed by atoms with E-state index in [1.165, 1.54) is 38.4 Å². The predicted octanol–water partition coefficient (Wildman–Crippen LogP) is 0.833. The third-order valence-electron chi connectivity index (χ3n) is 3.50. The van der Waals surface area contributed by atoms with Gasteiger partial charge < -0.3 is 8.99 Å². The summed E-state index contributed by atoms with van der Waals surface area (Å²) in [6, 6.07) is 1.51. The summed E-state index contributed by atoms with van der Waals surface area (Å²) in [5, 5.41) is 0. The van der Waals surface area contributed by atoms with Gasteiger partial charge in [0.15, 0.2) is 9.28 Å². The minimum absolute atomic E-state index is 0.126. The minimum Gasteiger partial charge on any atom is -0.425 e. The summed E-state index contributed by atoms with van der Waals surface area (Å²) in [6.07, 6.45) is 4.35. The molecule has 2 aliphatic rings. The van der Waals surface area contributed by atoms with Gasteiger partial charge in [0.25, 0.3) is 0 Å². The Bertz CT molecular complexity index is 193. The van der Waals surface area contributed by atoms with Gasteiger partial charge in [0.2, 0.25) is 0 Å². The number of hydrogen-bond donors (Lipinski definition) is 0. The molecule has 2 aliphatic heterocycles. The van der Waals surface area contributed by atoms with Crippen LogP contribution in [0.4, 0.5) is 0 Å². The van der Waals surface area contributed by atoms with Crippen LogP contribution in [0.25, 0.3) is 0 Å². The van der Waals surface area contributed by atoms with Gasteiger partial charge in [-0.2, -0.15) is 0 Å². The first-order valence-corrected chi connectivity index (χ1v) is 11.2. The lowest BCUT2D eigenvalue weighted by Gasteiger charge is -2.41. The second-order valence-corrected chi connectivity index (χ2v) is 12.6. The van der Waals surface area contributed by atoms with Crippen molar-refractivity contribution in [1.29, 1.82) is 0 Å². The number of rotatable bonds is 1. The van der Waals surface area contributed by atoms with Gasteiger partial charge in [0.05, 0.1) is 0 Å². The fourth-order valence-corrected chi connectivity index (χ4v) is 12.4. The number of hydrogen-bond acceptors (Lipinski definition) is 2. The van der Waals surface area contributed by atoms with Crippen LogP contribution in [0.5, 0.6) is 0 Å². The summed E-state index contributed by atoms with van der Waals surface area (Å²) >= 11 is 0. The van der Waals surface area contributed by atoms with E-state index in [0.717, 1.165) is 6.61 Å². The van der Waals surface area contributed by atoms with E-state index >= 15 is 0 Å². The second-order valence-electron chi connectivity index (χ2n) is 5.63. The zero-order valence-electron chi connectivity index (χ0n) is 9.59. The van der Waals surface area contributed by atoms with Crippen molar-refractivity contribution < 1.29 is 4.43 Å². The number of piperidine rings is 1. The summed E-state index contributed by atoms with van der Waals surface area (Å²) in [7, 11) is -0.709. The van der Waals surface area contributed by atoms with Crippen LogP contribution in [0.2, 0.25) is 6.04 Å². The smallest absolute Gasteiger partial charge is 0.164 e. The molecule has 0 aromatic heterocycles. The van der Waals surface area contributed by atoms with Crippen molar-refractivity contribution in [3.8, 4) is 0 Å². The minimum atomic E-state index is -0.583. The van der Waals surface area contributed by atoms with Crippen LogP contribution in [0, 0.1) is 5.41 Å². The first-order valence-electron chi connectivity index (χ1n) is 5.99.